The van der Waals surface area contributed by atoms with Crippen LogP contribution in [-0.4, -0.2) is 22.6 Å². The highest BCUT2D eigenvalue weighted by atomic mass is 19.1. The molecule has 2 rings (SSSR count). The minimum Gasteiger partial charge on any atom is -0.328 e. The first-order chi connectivity index (χ1) is 8.76. The largest absolute Gasteiger partial charge is 0.328 e. The Kier molecular flexibility index (Phi) is 4.31. The van der Waals surface area contributed by atoms with Crippen LogP contribution in [0.4, 0.5) is 4.39 Å². The molecule has 0 bridgehead atoms. The molecule has 2 aromatic rings. The van der Waals surface area contributed by atoms with Gasteiger partial charge in [-0.05, 0) is 31.2 Å². The van der Waals surface area contributed by atoms with Gasteiger partial charge in [0.05, 0.1) is 11.0 Å². The molecule has 3 nitrogen and oxygen atoms in total. The first-order valence-electron chi connectivity index (χ1n) is 6.61. The molecule has 1 N–H and O–H groups in total. The van der Waals surface area contributed by atoms with Crippen molar-refractivity contribution >= 4 is 11.0 Å². The molecule has 0 radical (unpaired) electrons. The Balaban J connectivity index is 2.35. The lowest BCUT2D eigenvalue weighted by Gasteiger charge is -2.07. The van der Waals surface area contributed by atoms with E-state index in [2.05, 4.69) is 28.7 Å². The highest BCUT2D eigenvalue weighted by molar-refractivity contribution is 5.76. The highest BCUT2D eigenvalue weighted by Crippen LogP contribution is 2.18. The Hall–Kier alpha value is -1.42. The highest BCUT2D eigenvalue weighted by Gasteiger charge is 2.10. The van der Waals surface area contributed by atoms with Crippen LogP contribution in [0.3, 0.4) is 0 Å². The van der Waals surface area contributed by atoms with E-state index in [1.165, 1.54) is 6.07 Å². The van der Waals surface area contributed by atoms with Crippen molar-refractivity contribution in [1.29, 1.82) is 0 Å². The summed E-state index contributed by atoms with van der Waals surface area (Å²) in [5.41, 5.74) is 1.79. The van der Waals surface area contributed by atoms with E-state index >= 15 is 0 Å². The Morgan fingerprint density at radius 1 is 1.33 bits per heavy atom. The summed E-state index contributed by atoms with van der Waals surface area (Å²) in [6.07, 6.45) is 1.90. The number of likely N-dealkylation sites (N-methyl/N-ethyl adjacent to an activating group) is 1. The van der Waals surface area contributed by atoms with Crippen molar-refractivity contribution in [2.45, 2.75) is 33.2 Å². The third-order valence-electron chi connectivity index (χ3n) is 3.01. The standard InChI is InChI=1S/C14H20FN3/c1-3-9-18-13-10-11(15)5-6-12(13)17-14(18)7-8-16-4-2/h5-6,10,16H,3-4,7-9H2,1-2H3. The predicted molar refractivity (Wildman–Crippen MR) is 72.2 cm³/mol. The number of nitrogens with one attached hydrogen (secondary N) is 1. The lowest BCUT2D eigenvalue weighted by atomic mass is 10.3. The van der Waals surface area contributed by atoms with E-state index < -0.39 is 0 Å². The van der Waals surface area contributed by atoms with Crippen LogP contribution in [0.5, 0.6) is 0 Å². The minimum atomic E-state index is -0.196. The zero-order valence-electron chi connectivity index (χ0n) is 11.0. The van der Waals surface area contributed by atoms with Crippen molar-refractivity contribution in [3.8, 4) is 0 Å². The maximum atomic E-state index is 13.3. The molecule has 0 fully saturated rings. The molecule has 0 amide bonds. The van der Waals surface area contributed by atoms with Gasteiger partial charge in [0.1, 0.15) is 11.6 Å². The van der Waals surface area contributed by atoms with E-state index in [0.29, 0.717) is 0 Å². The average molecular weight is 249 g/mol. The van der Waals surface area contributed by atoms with Crippen molar-refractivity contribution in [2.75, 3.05) is 13.1 Å². The van der Waals surface area contributed by atoms with Crippen molar-refractivity contribution in [1.82, 2.24) is 14.9 Å². The van der Waals surface area contributed by atoms with Crippen LogP contribution in [0.25, 0.3) is 11.0 Å². The van der Waals surface area contributed by atoms with Gasteiger partial charge in [0, 0.05) is 19.5 Å². The van der Waals surface area contributed by atoms with E-state index in [9.17, 15) is 4.39 Å². The summed E-state index contributed by atoms with van der Waals surface area (Å²) in [7, 11) is 0. The van der Waals surface area contributed by atoms with Gasteiger partial charge < -0.3 is 9.88 Å². The quantitative estimate of drug-likeness (QED) is 0.798. The van der Waals surface area contributed by atoms with E-state index in [4.69, 9.17) is 0 Å². The average Bonchev–Trinajstić information content (AvgIpc) is 2.68. The molecule has 0 aliphatic heterocycles. The van der Waals surface area contributed by atoms with Crippen molar-refractivity contribution in [3.05, 3.63) is 29.8 Å². The normalized spacial score (nSPS) is 11.3. The number of imidazole rings is 1. The lowest BCUT2D eigenvalue weighted by molar-refractivity contribution is 0.617. The van der Waals surface area contributed by atoms with Crippen molar-refractivity contribution < 1.29 is 4.39 Å². The second-order valence-corrected chi connectivity index (χ2v) is 4.42. The maximum absolute atomic E-state index is 13.3. The second kappa shape index (κ2) is 5.96. The van der Waals surface area contributed by atoms with Crippen LogP contribution >= 0.6 is 0 Å². The Bertz CT molecular complexity index is 519. The monoisotopic (exact) mass is 249 g/mol. The van der Waals surface area contributed by atoms with Crippen LogP contribution in [-0.2, 0) is 13.0 Å². The summed E-state index contributed by atoms with van der Waals surface area (Å²) >= 11 is 0. The Morgan fingerprint density at radius 3 is 2.89 bits per heavy atom. The van der Waals surface area contributed by atoms with Gasteiger partial charge in [-0.15, -0.1) is 0 Å². The molecule has 1 aromatic carbocycles. The first-order valence-corrected chi connectivity index (χ1v) is 6.61. The number of aromatic nitrogens is 2. The number of nitrogens with zero attached hydrogens (tertiary/aromatic N) is 2. The summed E-state index contributed by atoms with van der Waals surface area (Å²) in [5, 5.41) is 3.29. The van der Waals surface area contributed by atoms with Crippen LogP contribution in [0.1, 0.15) is 26.1 Å². The third-order valence-corrected chi connectivity index (χ3v) is 3.01. The van der Waals surface area contributed by atoms with Crippen LogP contribution in [0.15, 0.2) is 18.2 Å². The summed E-state index contributed by atoms with van der Waals surface area (Å²) in [6, 6.07) is 4.81. The molecule has 0 saturated carbocycles. The number of benzene rings is 1. The van der Waals surface area contributed by atoms with Gasteiger partial charge in [0.2, 0.25) is 0 Å². The zero-order valence-corrected chi connectivity index (χ0v) is 11.0. The smallest absolute Gasteiger partial charge is 0.125 e. The molecule has 98 valence electrons. The van der Waals surface area contributed by atoms with Gasteiger partial charge in [-0.3, -0.25) is 0 Å². The fourth-order valence-corrected chi connectivity index (χ4v) is 2.19. The molecule has 4 heteroatoms. The van der Waals surface area contributed by atoms with Gasteiger partial charge in [-0.1, -0.05) is 13.8 Å². The van der Waals surface area contributed by atoms with E-state index in [0.717, 1.165) is 49.3 Å². The number of halogens is 1. The van der Waals surface area contributed by atoms with E-state index in [1.807, 2.05) is 0 Å². The van der Waals surface area contributed by atoms with Crippen LogP contribution < -0.4 is 5.32 Å². The first kappa shape index (κ1) is 13.0. The predicted octanol–water partition coefficient (Wildman–Crippen LogP) is 2.74. The van der Waals surface area contributed by atoms with Crippen molar-refractivity contribution in [3.63, 3.8) is 0 Å². The number of hydrogen-bond acceptors (Lipinski definition) is 2. The second-order valence-electron chi connectivity index (χ2n) is 4.42. The minimum absolute atomic E-state index is 0.196. The molecule has 0 aliphatic rings. The summed E-state index contributed by atoms with van der Waals surface area (Å²) in [4.78, 5) is 4.60. The SMILES string of the molecule is CCCn1c(CCNCC)nc2ccc(F)cc21. The molecule has 1 heterocycles. The molecule has 0 saturated heterocycles. The number of rotatable bonds is 6. The molecule has 18 heavy (non-hydrogen) atoms. The summed E-state index contributed by atoms with van der Waals surface area (Å²) in [5.74, 6) is 0.844. The van der Waals surface area contributed by atoms with E-state index in [1.54, 1.807) is 12.1 Å². The van der Waals surface area contributed by atoms with Crippen LogP contribution in [0, 0.1) is 5.82 Å². The molecular formula is C14H20FN3. The van der Waals surface area contributed by atoms with Gasteiger partial charge in [-0.2, -0.15) is 0 Å². The van der Waals surface area contributed by atoms with Crippen LogP contribution in [0.2, 0.25) is 0 Å². The Morgan fingerprint density at radius 2 is 2.17 bits per heavy atom. The number of fused-ring (bicyclic) bond motifs is 1. The van der Waals surface area contributed by atoms with E-state index in [-0.39, 0.29) is 5.82 Å². The molecular weight excluding hydrogens is 229 g/mol. The van der Waals surface area contributed by atoms with Gasteiger partial charge in [0.15, 0.2) is 0 Å². The third kappa shape index (κ3) is 2.70. The van der Waals surface area contributed by atoms with Crippen molar-refractivity contribution in [2.24, 2.45) is 0 Å². The van der Waals surface area contributed by atoms with Gasteiger partial charge in [-0.25, -0.2) is 9.37 Å². The molecule has 1 aromatic heterocycles. The van der Waals surface area contributed by atoms with Gasteiger partial charge in [0.25, 0.3) is 0 Å². The molecule has 0 unspecified atom stereocenters. The topological polar surface area (TPSA) is 29.9 Å². The molecule has 0 atom stereocenters. The molecule has 0 aliphatic carbocycles. The Labute approximate surface area is 107 Å². The molecule has 0 spiro atoms. The summed E-state index contributed by atoms with van der Waals surface area (Å²) in [6.45, 7) is 6.97. The fourth-order valence-electron chi connectivity index (χ4n) is 2.19. The number of hydrogen-bond donors (Lipinski definition) is 1. The van der Waals surface area contributed by atoms with Gasteiger partial charge >= 0.3 is 0 Å². The number of aryl methyl sites for hydroxylation is 1. The zero-order chi connectivity index (χ0) is 13.0. The lowest BCUT2D eigenvalue weighted by Crippen LogP contribution is -2.18. The summed E-state index contributed by atoms with van der Waals surface area (Å²) < 4.78 is 15.5. The maximum Gasteiger partial charge on any atom is 0.125 e. The fraction of sp³-hybridized carbons (Fsp3) is 0.500.